The number of hydrogen-bond donors (Lipinski definition) is 1. The summed E-state index contributed by atoms with van der Waals surface area (Å²) >= 11 is 0. The lowest BCUT2D eigenvalue weighted by molar-refractivity contribution is 0.172. The summed E-state index contributed by atoms with van der Waals surface area (Å²) in [5, 5.41) is 3.61. The van der Waals surface area contributed by atoms with Crippen LogP contribution in [0.2, 0.25) is 0 Å². The minimum atomic E-state index is 0. The van der Waals surface area contributed by atoms with E-state index in [1.54, 1.807) is 7.11 Å². The van der Waals surface area contributed by atoms with Crippen molar-refractivity contribution in [2.24, 2.45) is 0 Å². The van der Waals surface area contributed by atoms with Gasteiger partial charge >= 0.3 is 0 Å². The minimum absolute atomic E-state index is 0. The van der Waals surface area contributed by atoms with Crippen LogP contribution in [0.5, 0.6) is 17.2 Å². The molecule has 2 aromatic carbocycles. The van der Waals surface area contributed by atoms with Gasteiger partial charge in [0.05, 0.1) is 7.11 Å². The molecule has 0 aromatic heterocycles. The predicted molar refractivity (Wildman–Crippen MR) is 154 cm³/mol. The number of halogens is 2. The van der Waals surface area contributed by atoms with Crippen LogP contribution >= 0.6 is 24.8 Å². The second-order valence-corrected chi connectivity index (χ2v) is 10.9. The Balaban J connectivity index is 0.000000166. The zero-order chi connectivity index (χ0) is 23.9. The summed E-state index contributed by atoms with van der Waals surface area (Å²) in [6.07, 6.45) is 8.69. The third-order valence-electron chi connectivity index (χ3n) is 9.09. The molecular weight excluding hydrogens is 507 g/mol. The van der Waals surface area contributed by atoms with Crippen LogP contribution in [0, 0.1) is 6.92 Å². The summed E-state index contributed by atoms with van der Waals surface area (Å²) in [6.45, 7) is 8.49. The van der Waals surface area contributed by atoms with Gasteiger partial charge in [0.15, 0.2) is 11.5 Å². The number of benzene rings is 2. The maximum Gasteiger partial charge on any atom is 0.231 e. The molecule has 1 N–H and O–H groups in total. The molecular formula is C30H42Cl2N2O3. The van der Waals surface area contributed by atoms with Crippen molar-refractivity contribution in [3.63, 3.8) is 0 Å². The van der Waals surface area contributed by atoms with Crippen LogP contribution in [0.3, 0.4) is 0 Å². The lowest BCUT2D eigenvalue weighted by Gasteiger charge is -2.33. The molecule has 0 bridgehead atoms. The van der Waals surface area contributed by atoms with E-state index in [0.717, 1.165) is 42.0 Å². The molecule has 204 valence electrons. The van der Waals surface area contributed by atoms with Crippen LogP contribution in [0.15, 0.2) is 24.3 Å². The van der Waals surface area contributed by atoms with Crippen LogP contribution < -0.4 is 19.5 Å². The van der Waals surface area contributed by atoms with Gasteiger partial charge in [0.25, 0.3) is 0 Å². The molecule has 5 nitrogen and oxygen atoms in total. The second-order valence-electron chi connectivity index (χ2n) is 10.9. The number of nitrogens with one attached hydrogen (secondary N) is 1. The van der Waals surface area contributed by atoms with E-state index in [1.807, 2.05) is 0 Å². The molecule has 5 aliphatic rings. The average molecular weight is 550 g/mol. The van der Waals surface area contributed by atoms with Gasteiger partial charge in [0.2, 0.25) is 6.79 Å². The lowest BCUT2D eigenvalue weighted by atomic mass is 9.79. The van der Waals surface area contributed by atoms with Crippen LogP contribution in [0.4, 0.5) is 0 Å². The van der Waals surface area contributed by atoms with Gasteiger partial charge in [0, 0.05) is 29.5 Å². The van der Waals surface area contributed by atoms with Crippen LogP contribution in [-0.2, 0) is 12.8 Å². The highest BCUT2D eigenvalue weighted by atomic mass is 35.5. The van der Waals surface area contributed by atoms with Gasteiger partial charge in [-0.25, -0.2) is 0 Å². The van der Waals surface area contributed by atoms with Crippen molar-refractivity contribution >= 4 is 24.8 Å². The molecule has 3 aliphatic heterocycles. The summed E-state index contributed by atoms with van der Waals surface area (Å²) in [5.41, 5.74) is 7.22. The van der Waals surface area contributed by atoms with Gasteiger partial charge in [-0.2, -0.15) is 0 Å². The summed E-state index contributed by atoms with van der Waals surface area (Å²) in [4.78, 5) is 2.69. The second kappa shape index (κ2) is 12.0. The maximum absolute atomic E-state index is 5.68. The number of methoxy groups -OCH3 is 1. The Morgan fingerprint density at radius 3 is 2.54 bits per heavy atom. The first-order valence-corrected chi connectivity index (χ1v) is 13.7. The van der Waals surface area contributed by atoms with E-state index in [2.05, 4.69) is 48.3 Å². The highest BCUT2D eigenvalue weighted by molar-refractivity contribution is 5.85. The molecule has 7 heteroatoms. The molecule has 2 fully saturated rings. The topological polar surface area (TPSA) is 43.0 Å². The fourth-order valence-corrected chi connectivity index (χ4v) is 7.56. The molecule has 2 saturated heterocycles. The summed E-state index contributed by atoms with van der Waals surface area (Å²) in [5.74, 6) is 4.54. The van der Waals surface area contributed by atoms with E-state index in [9.17, 15) is 0 Å². The van der Waals surface area contributed by atoms with Gasteiger partial charge in [-0.05, 0) is 99.8 Å². The number of hydrogen-bond acceptors (Lipinski definition) is 5. The van der Waals surface area contributed by atoms with E-state index >= 15 is 0 Å². The number of aryl methyl sites for hydroxylation is 1. The van der Waals surface area contributed by atoms with Gasteiger partial charge < -0.3 is 19.5 Å². The highest BCUT2D eigenvalue weighted by Crippen LogP contribution is 2.48. The van der Waals surface area contributed by atoms with E-state index in [1.165, 1.54) is 79.6 Å². The summed E-state index contributed by atoms with van der Waals surface area (Å²) in [7, 11) is 1.79. The molecule has 0 spiro atoms. The van der Waals surface area contributed by atoms with Crippen molar-refractivity contribution in [2.45, 2.75) is 82.7 Å². The Morgan fingerprint density at radius 1 is 0.946 bits per heavy atom. The molecule has 2 aliphatic carbocycles. The Bertz CT molecular complexity index is 1090. The fraction of sp³-hybridized carbons (Fsp3) is 0.600. The van der Waals surface area contributed by atoms with Crippen molar-refractivity contribution in [1.82, 2.24) is 10.2 Å². The average Bonchev–Trinajstić information content (AvgIpc) is 3.63. The monoisotopic (exact) mass is 548 g/mol. The van der Waals surface area contributed by atoms with Crippen molar-refractivity contribution in [1.29, 1.82) is 0 Å². The van der Waals surface area contributed by atoms with Crippen molar-refractivity contribution in [3.05, 3.63) is 52.1 Å². The first kappa shape index (κ1) is 28.4. The molecule has 0 saturated carbocycles. The molecule has 0 amide bonds. The third-order valence-corrected chi connectivity index (χ3v) is 9.09. The minimum Gasteiger partial charge on any atom is -0.496 e. The zero-order valence-electron chi connectivity index (χ0n) is 22.4. The van der Waals surface area contributed by atoms with E-state index < -0.39 is 0 Å². The maximum atomic E-state index is 5.68. The highest BCUT2D eigenvalue weighted by Gasteiger charge is 2.40. The van der Waals surface area contributed by atoms with Crippen LogP contribution in [0.25, 0.3) is 0 Å². The zero-order valence-corrected chi connectivity index (χ0v) is 24.0. The molecule has 4 atom stereocenters. The smallest absolute Gasteiger partial charge is 0.231 e. The molecule has 0 unspecified atom stereocenters. The van der Waals surface area contributed by atoms with Crippen LogP contribution in [0.1, 0.15) is 78.7 Å². The van der Waals surface area contributed by atoms with Gasteiger partial charge in [-0.1, -0.05) is 25.1 Å². The summed E-state index contributed by atoms with van der Waals surface area (Å²) < 4.78 is 16.8. The quantitative estimate of drug-likeness (QED) is 0.496. The van der Waals surface area contributed by atoms with E-state index in [4.69, 9.17) is 14.2 Å². The third kappa shape index (κ3) is 5.05. The normalized spacial score (nSPS) is 26.4. The lowest BCUT2D eigenvalue weighted by Crippen LogP contribution is -2.35. The molecule has 0 radical (unpaired) electrons. The van der Waals surface area contributed by atoms with Crippen molar-refractivity contribution in [2.75, 3.05) is 33.5 Å². The Hall–Kier alpha value is -1.66. The fourth-order valence-electron chi connectivity index (χ4n) is 7.56. The van der Waals surface area contributed by atoms with Crippen molar-refractivity contribution < 1.29 is 14.2 Å². The van der Waals surface area contributed by atoms with Gasteiger partial charge in [-0.15, -0.1) is 24.8 Å². The van der Waals surface area contributed by atoms with Crippen molar-refractivity contribution in [3.8, 4) is 17.2 Å². The Morgan fingerprint density at radius 2 is 1.73 bits per heavy atom. The van der Waals surface area contributed by atoms with E-state index in [-0.39, 0.29) is 24.8 Å². The molecule has 37 heavy (non-hydrogen) atoms. The Kier molecular flexibility index (Phi) is 9.21. The number of nitrogens with zero attached hydrogens (tertiary/aromatic N) is 1. The van der Waals surface area contributed by atoms with E-state index in [0.29, 0.717) is 18.8 Å². The number of likely N-dealkylation sites (tertiary alicyclic amines) is 1. The molecule has 3 heterocycles. The van der Waals surface area contributed by atoms with Crippen LogP contribution in [-0.4, -0.2) is 50.5 Å². The largest absolute Gasteiger partial charge is 0.496 e. The predicted octanol–water partition coefficient (Wildman–Crippen LogP) is 6.17. The summed E-state index contributed by atoms with van der Waals surface area (Å²) in [6, 6.07) is 10.4. The Labute approximate surface area is 234 Å². The number of fused-ring (bicyclic) bond motifs is 8. The molecule has 2 aromatic rings. The first-order valence-electron chi connectivity index (χ1n) is 13.7. The standard InChI is InChI=1S/C16H21NO2.C14H19NO.2ClH/c1-2-8-17-9-7-12-11-4-6-15-16(19-10-18-15)13(11)3-5-14(12)17;1-9-3-4-10-11-7-8-15-13(11)6-5-12(10)14(9)16-2;;/h4,6,12,14H,2-3,5,7-10H2,1H3;3-4,11,13,15H,5-8H2,1-2H3;2*1H/t12-,14+;11-,13+;;/m11../s1. The SMILES string of the molecule is CCCN1CC[C@@H]2c3ccc4c(c3CC[C@@H]21)OCO4.COc1c(C)ccc2c1CC[C@@H]1NCC[C@H]21.Cl.Cl. The van der Waals surface area contributed by atoms with Gasteiger partial charge in [-0.3, -0.25) is 4.90 Å². The molecule has 7 rings (SSSR count). The first-order chi connectivity index (χ1) is 17.2. The number of ether oxygens (including phenoxy) is 3. The number of rotatable bonds is 3. The van der Waals surface area contributed by atoms with Gasteiger partial charge in [0.1, 0.15) is 5.75 Å².